The Hall–Kier alpha value is -0.123. The van der Waals surface area contributed by atoms with Crippen LogP contribution in [0.5, 0.6) is 0 Å². The van der Waals surface area contributed by atoms with Crippen molar-refractivity contribution in [2.75, 3.05) is 6.61 Å². The molecule has 0 fully saturated rings. The average molecular weight is 258 g/mol. The molecule has 0 aromatic carbocycles. The minimum atomic E-state index is -1.60. The van der Waals surface area contributed by atoms with Gasteiger partial charge in [-0.3, -0.25) is 0 Å². The highest BCUT2D eigenvalue weighted by atomic mass is 28.4. The Balaban J connectivity index is 3.74. The lowest BCUT2D eigenvalue weighted by Gasteiger charge is -2.36. The minimum absolute atomic E-state index is 0.198. The monoisotopic (exact) mass is 258 g/mol. The quantitative estimate of drug-likeness (QED) is 0.403. The van der Waals surface area contributed by atoms with Crippen LogP contribution < -0.4 is 0 Å². The van der Waals surface area contributed by atoms with Crippen LogP contribution in [0, 0.1) is 0 Å². The topological polar surface area (TPSA) is 29.5 Å². The smallest absolute Gasteiger partial charge is 0.191 e. The van der Waals surface area contributed by atoms with Crippen LogP contribution in [0.2, 0.25) is 18.1 Å². The van der Waals surface area contributed by atoms with Crippen LogP contribution in [0.1, 0.15) is 46.5 Å². The number of aliphatic hydroxyl groups excluding tert-OH is 1. The Morgan fingerprint density at radius 2 is 1.88 bits per heavy atom. The van der Waals surface area contributed by atoms with E-state index in [2.05, 4.69) is 40.4 Å². The van der Waals surface area contributed by atoms with Crippen LogP contribution in [0.25, 0.3) is 0 Å². The predicted molar refractivity (Wildman–Crippen MR) is 77.8 cm³/mol. The van der Waals surface area contributed by atoms with Gasteiger partial charge in [0.25, 0.3) is 0 Å². The van der Waals surface area contributed by atoms with E-state index in [1.165, 1.54) is 0 Å². The van der Waals surface area contributed by atoms with Crippen molar-refractivity contribution in [1.29, 1.82) is 0 Å². The molecule has 0 heterocycles. The standard InChI is InChI=1S/C14H30O2Si/c1-7-8-10-13(15)11-9-12-16-17(5,6)14(2,3)4/h7,13,15H,1,8-12H2,2-6H3. The fourth-order valence-corrected chi connectivity index (χ4v) is 2.41. The normalized spacial score (nSPS) is 14.7. The van der Waals surface area contributed by atoms with Crippen molar-refractivity contribution in [3.63, 3.8) is 0 Å². The first kappa shape index (κ1) is 16.9. The molecule has 17 heavy (non-hydrogen) atoms. The van der Waals surface area contributed by atoms with E-state index in [0.717, 1.165) is 32.3 Å². The highest BCUT2D eigenvalue weighted by Gasteiger charge is 2.36. The zero-order chi connectivity index (χ0) is 13.5. The summed E-state index contributed by atoms with van der Waals surface area (Å²) < 4.78 is 6.06. The van der Waals surface area contributed by atoms with Gasteiger partial charge in [0, 0.05) is 6.61 Å². The highest BCUT2D eigenvalue weighted by Crippen LogP contribution is 2.36. The molecule has 0 bridgehead atoms. The van der Waals surface area contributed by atoms with Crippen molar-refractivity contribution >= 4 is 8.32 Å². The van der Waals surface area contributed by atoms with Crippen molar-refractivity contribution in [2.24, 2.45) is 0 Å². The van der Waals surface area contributed by atoms with E-state index < -0.39 is 8.32 Å². The molecular formula is C14H30O2Si. The maximum Gasteiger partial charge on any atom is 0.191 e. The third-order valence-electron chi connectivity index (χ3n) is 3.65. The van der Waals surface area contributed by atoms with E-state index in [1.54, 1.807) is 0 Å². The van der Waals surface area contributed by atoms with Crippen molar-refractivity contribution in [3.05, 3.63) is 12.7 Å². The van der Waals surface area contributed by atoms with Gasteiger partial charge < -0.3 is 9.53 Å². The molecule has 0 aliphatic rings. The van der Waals surface area contributed by atoms with Crippen molar-refractivity contribution < 1.29 is 9.53 Å². The van der Waals surface area contributed by atoms with Crippen LogP contribution in [0.15, 0.2) is 12.7 Å². The second-order valence-electron chi connectivity index (χ2n) is 6.27. The van der Waals surface area contributed by atoms with Gasteiger partial charge in [-0.1, -0.05) is 26.8 Å². The lowest BCUT2D eigenvalue weighted by Crippen LogP contribution is -2.41. The van der Waals surface area contributed by atoms with Crippen LogP contribution in [-0.2, 0) is 4.43 Å². The molecule has 3 heteroatoms. The van der Waals surface area contributed by atoms with Gasteiger partial charge in [0.05, 0.1) is 6.10 Å². The van der Waals surface area contributed by atoms with E-state index in [9.17, 15) is 5.11 Å². The zero-order valence-electron chi connectivity index (χ0n) is 12.3. The van der Waals surface area contributed by atoms with Gasteiger partial charge >= 0.3 is 0 Å². The van der Waals surface area contributed by atoms with E-state index in [-0.39, 0.29) is 11.1 Å². The third-order valence-corrected chi connectivity index (χ3v) is 8.19. The molecule has 0 aromatic heterocycles. The van der Waals surface area contributed by atoms with E-state index in [4.69, 9.17) is 4.43 Å². The molecule has 1 N–H and O–H groups in total. The molecule has 102 valence electrons. The fraction of sp³-hybridized carbons (Fsp3) is 0.857. The van der Waals surface area contributed by atoms with Crippen molar-refractivity contribution in [1.82, 2.24) is 0 Å². The molecule has 0 saturated carbocycles. The summed E-state index contributed by atoms with van der Waals surface area (Å²) in [5.41, 5.74) is 0. The summed E-state index contributed by atoms with van der Waals surface area (Å²) in [7, 11) is -1.60. The molecule has 0 spiro atoms. The number of hydrogen-bond acceptors (Lipinski definition) is 2. The first-order valence-corrected chi connectivity index (χ1v) is 9.54. The van der Waals surface area contributed by atoms with Gasteiger partial charge in [-0.15, -0.1) is 6.58 Å². The largest absolute Gasteiger partial charge is 0.417 e. The molecule has 0 aliphatic carbocycles. The van der Waals surface area contributed by atoms with Gasteiger partial charge in [0.1, 0.15) is 0 Å². The Kier molecular flexibility index (Phi) is 7.29. The lowest BCUT2D eigenvalue weighted by molar-refractivity contribution is 0.143. The summed E-state index contributed by atoms with van der Waals surface area (Å²) in [5, 5.41) is 9.95. The molecule has 0 rings (SSSR count). The van der Waals surface area contributed by atoms with Crippen LogP contribution >= 0.6 is 0 Å². The molecule has 0 saturated heterocycles. The summed E-state index contributed by atoms with van der Waals surface area (Å²) in [6, 6.07) is 0. The maximum absolute atomic E-state index is 9.68. The molecule has 0 aliphatic heterocycles. The molecule has 0 amide bonds. The van der Waals surface area contributed by atoms with Crippen LogP contribution in [0.4, 0.5) is 0 Å². The molecule has 1 unspecified atom stereocenters. The van der Waals surface area contributed by atoms with Crippen LogP contribution in [-0.4, -0.2) is 26.1 Å². The second kappa shape index (κ2) is 7.34. The van der Waals surface area contributed by atoms with Crippen LogP contribution in [0.3, 0.4) is 0 Å². The van der Waals surface area contributed by atoms with Gasteiger partial charge in [0.15, 0.2) is 8.32 Å². The fourth-order valence-electron chi connectivity index (χ4n) is 1.32. The summed E-state index contributed by atoms with van der Waals surface area (Å²) in [6.07, 6.45) is 5.16. The number of hydrogen-bond donors (Lipinski definition) is 1. The summed E-state index contributed by atoms with van der Waals surface area (Å²) >= 11 is 0. The SMILES string of the molecule is C=CCCC(O)CCCO[Si](C)(C)C(C)(C)C. The maximum atomic E-state index is 9.68. The molecular weight excluding hydrogens is 228 g/mol. The Morgan fingerprint density at radius 1 is 1.29 bits per heavy atom. The number of allylic oxidation sites excluding steroid dienone is 1. The summed E-state index contributed by atoms with van der Waals surface area (Å²) in [4.78, 5) is 0. The lowest BCUT2D eigenvalue weighted by atomic mass is 10.1. The highest BCUT2D eigenvalue weighted by molar-refractivity contribution is 6.74. The van der Waals surface area contributed by atoms with Gasteiger partial charge in [-0.25, -0.2) is 0 Å². The third kappa shape index (κ3) is 7.01. The predicted octanol–water partition coefficient (Wildman–Crippen LogP) is 4.12. The van der Waals surface area contributed by atoms with Gasteiger partial charge in [-0.05, 0) is 43.8 Å². The van der Waals surface area contributed by atoms with E-state index >= 15 is 0 Å². The number of aliphatic hydroxyl groups is 1. The first-order valence-electron chi connectivity index (χ1n) is 6.63. The summed E-state index contributed by atoms with van der Waals surface area (Å²) in [6.45, 7) is 15.7. The molecule has 0 aromatic rings. The van der Waals surface area contributed by atoms with E-state index in [1.807, 2.05) is 6.08 Å². The Labute approximate surface area is 108 Å². The molecule has 2 nitrogen and oxygen atoms in total. The average Bonchev–Trinajstić information content (AvgIpc) is 2.20. The van der Waals surface area contributed by atoms with Crippen molar-refractivity contribution in [3.8, 4) is 0 Å². The summed E-state index contributed by atoms with van der Waals surface area (Å²) in [5.74, 6) is 0. The van der Waals surface area contributed by atoms with Crippen molar-refractivity contribution in [2.45, 2.75) is 70.7 Å². The van der Waals surface area contributed by atoms with E-state index in [0.29, 0.717) is 0 Å². The van der Waals surface area contributed by atoms with Gasteiger partial charge in [0.2, 0.25) is 0 Å². The molecule has 1 atom stereocenters. The second-order valence-corrected chi connectivity index (χ2v) is 11.1. The Bertz CT molecular complexity index is 219. The van der Waals surface area contributed by atoms with Gasteiger partial charge in [-0.2, -0.15) is 0 Å². The zero-order valence-corrected chi connectivity index (χ0v) is 13.3. The Morgan fingerprint density at radius 3 is 2.35 bits per heavy atom. The molecule has 0 radical (unpaired) electrons. The first-order chi connectivity index (χ1) is 7.70. The minimum Gasteiger partial charge on any atom is -0.417 e. The number of rotatable bonds is 8.